The van der Waals surface area contributed by atoms with E-state index in [1.54, 1.807) is 24.3 Å². The second-order valence-electron chi connectivity index (χ2n) is 5.65. The number of para-hydroxylation sites is 2. The van der Waals surface area contributed by atoms with Crippen molar-refractivity contribution in [3.8, 4) is 11.5 Å². The summed E-state index contributed by atoms with van der Waals surface area (Å²) in [4.78, 5) is 9.99. The quantitative estimate of drug-likeness (QED) is 0.567. The highest BCUT2D eigenvalue weighted by Crippen LogP contribution is 2.32. The number of likely N-dealkylation sites (N-methyl/N-ethyl adjacent to an activating group) is 1. The van der Waals surface area contributed by atoms with Gasteiger partial charge in [0.15, 0.2) is 16.4 Å². The van der Waals surface area contributed by atoms with Gasteiger partial charge in [0.25, 0.3) is 5.69 Å². The lowest BCUT2D eigenvalue weighted by Crippen LogP contribution is -2.41. The van der Waals surface area contributed by atoms with Crippen LogP contribution < -0.4 is 9.47 Å². The minimum Gasteiger partial charge on any atom is -0.486 e. The average Bonchev–Trinajstić information content (AvgIpc) is 2.61. The Morgan fingerprint density at radius 2 is 1.96 bits per heavy atom. The predicted octanol–water partition coefficient (Wildman–Crippen LogP) is 2.71. The zero-order chi connectivity index (χ0) is 18.9. The molecule has 0 saturated heterocycles. The van der Waals surface area contributed by atoms with Crippen molar-refractivity contribution in [3.63, 3.8) is 0 Å². The van der Waals surface area contributed by atoms with Crippen LogP contribution in [-0.2, 0) is 10.0 Å². The molecule has 10 heteroatoms. The first-order valence-corrected chi connectivity index (χ1v) is 9.39. The molecular weight excluding hydrogens is 384 g/mol. The maximum absolute atomic E-state index is 12.8. The van der Waals surface area contributed by atoms with Crippen LogP contribution in [0.3, 0.4) is 0 Å². The van der Waals surface area contributed by atoms with E-state index in [0.29, 0.717) is 11.5 Å². The number of ether oxygens (including phenoxy) is 2. The van der Waals surface area contributed by atoms with Gasteiger partial charge in [0.05, 0.1) is 11.5 Å². The summed E-state index contributed by atoms with van der Waals surface area (Å²) in [6.07, 6.45) is -0.545. The number of sulfonamides is 1. The van der Waals surface area contributed by atoms with E-state index < -0.39 is 31.6 Å². The van der Waals surface area contributed by atoms with Gasteiger partial charge in [0.1, 0.15) is 12.7 Å². The van der Waals surface area contributed by atoms with Gasteiger partial charge in [-0.1, -0.05) is 23.7 Å². The van der Waals surface area contributed by atoms with Crippen molar-refractivity contribution < 1.29 is 22.8 Å². The van der Waals surface area contributed by atoms with Gasteiger partial charge in [0, 0.05) is 18.1 Å². The van der Waals surface area contributed by atoms with Crippen molar-refractivity contribution in [2.45, 2.75) is 11.0 Å². The van der Waals surface area contributed by atoms with Gasteiger partial charge >= 0.3 is 0 Å². The lowest BCUT2D eigenvalue weighted by molar-refractivity contribution is -0.387. The van der Waals surface area contributed by atoms with Gasteiger partial charge in [-0.15, -0.1) is 0 Å². The van der Waals surface area contributed by atoms with Crippen molar-refractivity contribution in [2.75, 3.05) is 20.2 Å². The minimum absolute atomic E-state index is 0.0313. The first-order chi connectivity index (χ1) is 12.3. The van der Waals surface area contributed by atoms with Gasteiger partial charge < -0.3 is 9.47 Å². The zero-order valence-electron chi connectivity index (χ0n) is 13.7. The molecule has 0 saturated carbocycles. The molecule has 138 valence electrons. The van der Waals surface area contributed by atoms with Crippen LogP contribution in [0.25, 0.3) is 0 Å². The van der Waals surface area contributed by atoms with Gasteiger partial charge in [-0.05, 0) is 24.3 Å². The summed E-state index contributed by atoms with van der Waals surface area (Å²) < 4.78 is 37.9. The largest absolute Gasteiger partial charge is 0.486 e. The summed E-state index contributed by atoms with van der Waals surface area (Å²) in [7, 11) is -2.78. The first-order valence-electron chi connectivity index (χ1n) is 7.58. The Morgan fingerprint density at radius 3 is 2.65 bits per heavy atom. The number of hydrogen-bond donors (Lipinski definition) is 0. The van der Waals surface area contributed by atoms with E-state index in [4.69, 9.17) is 21.1 Å². The van der Waals surface area contributed by atoms with Crippen LogP contribution in [0.15, 0.2) is 47.4 Å². The molecule has 3 rings (SSSR count). The maximum Gasteiger partial charge on any atom is 0.290 e. The molecule has 0 fully saturated rings. The van der Waals surface area contributed by atoms with E-state index in [1.165, 1.54) is 13.1 Å². The summed E-state index contributed by atoms with van der Waals surface area (Å²) in [6.45, 7) is 0.135. The summed E-state index contributed by atoms with van der Waals surface area (Å²) in [5.74, 6) is 1.11. The molecule has 0 aliphatic carbocycles. The fourth-order valence-electron chi connectivity index (χ4n) is 2.56. The Bertz CT molecular complexity index is 950. The molecule has 1 atom stereocenters. The third kappa shape index (κ3) is 3.59. The molecule has 0 aromatic heterocycles. The summed E-state index contributed by atoms with van der Waals surface area (Å²) in [6, 6.07) is 10.5. The number of halogens is 1. The Morgan fingerprint density at radius 1 is 1.27 bits per heavy atom. The van der Waals surface area contributed by atoms with Gasteiger partial charge in [-0.2, -0.15) is 4.31 Å². The van der Waals surface area contributed by atoms with E-state index in [1.807, 2.05) is 0 Å². The van der Waals surface area contributed by atoms with Crippen LogP contribution in [0, 0.1) is 10.1 Å². The third-order valence-electron chi connectivity index (χ3n) is 3.83. The summed E-state index contributed by atoms with van der Waals surface area (Å²) in [5, 5.41) is 11.3. The second-order valence-corrected chi connectivity index (χ2v) is 8.10. The fraction of sp³-hybridized carbons (Fsp3) is 0.250. The minimum atomic E-state index is -4.11. The summed E-state index contributed by atoms with van der Waals surface area (Å²) in [5.41, 5.74) is -0.574. The Hall–Kier alpha value is -2.36. The molecule has 0 N–H and O–H groups in total. The summed E-state index contributed by atoms with van der Waals surface area (Å²) >= 11 is 5.74. The molecule has 0 spiro atoms. The molecule has 0 bridgehead atoms. The van der Waals surface area contributed by atoms with E-state index in [0.717, 1.165) is 16.4 Å². The molecule has 2 aromatic rings. The Labute approximate surface area is 155 Å². The molecular formula is C16H15ClN2O6S. The van der Waals surface area contributed by atoms with E-state index in [2.05, 4.69) is 0 Å². The number of rotatable bonds is 5. The van der Waals surface area contributed by atoms with E-state index >= 15 is 0 Å². The van der Waals surface area contributed by atoms with Crippen LogP contribution in [0.2, 0.25) is 5.02 Å². The van der Waals surface area contributed by atoms with Crippen molar-refractivity contribution in [3.05, 3.63) is 57.6 Å². The molecule has 1 aliphatic heterocycles. The van der Waals surface area contributed by atoms with Gasteiger partial charge in [-0.3, -0.25) is 10.1 Å². The average molecular weight is 399 g/mol. The molecule has 1 unspecified atom stereocenters. The van der Waals surface area contributed by atoms with Crippen molar-refractivity contribution >= 4 is 27.3 Å². The van der Waals surface area contributed by atoms with Crippen LogP contribution >= 0.6 is 11.6 Å². The molecule has 1 heterocycles. The van der Waals surface area contributed by atoms with Gasteiger partial charge in [-0.25, -0.2) is 8.42 Å². The molecule has 1 aliphatic rings. The first kappa shape index (κ1) is 18.4. The Kier molecular flexibility index (Phi) is 5.03. The molecule has 26 heavy (non-hydrogen) atoms. The zero-order valence-corrected chi connectivity index (χ0v) is 15.2. The van der Waals surface area contributed by atoms with Crippen LogP contribution in [0.5, 0.6) is 11.5 Å². The number of fused-ring (bicyclic) bond motifs is 1. The lowest BCUT2D eigenvalue weighted by Gasteiger charge is -2.29. The topological polar surface area (TPSA) is 99.0 Å². The van der Waals surface area contributed by atoms with Crippen LogP contribution in [0.1, 0.15) is 0 Å². The predicted molar refractivity (Wildman–Crippen MR) is 94.3 cm³/mol. The fourth-order valence-corrected chi connectivity index (χ4v) is 4.06. The number of hydrogen-bond acceptors (Lipinski definition) is 6. The third-order valence-corrected chi connectivity index (χ3v) is 5.94. The number of nitro benzene ring substituents is 1. The van der Waals surface area contributed by atoms with Crippen molar-refractivity contribution in [2.24, 2.45) is 0 Å². The normalized spacial score (nSPS) is 16.5. The highest BCUT2D eigenvalue weighted by atomic mass is 35.5. The van der Waals surface area contributed by atoms with Crippen LogP contribution in [-0.4, -0.2) is 43.9 Å². The Balaban J connectivity index is 1.82. The van der Waals surface area contributed by atoms with Crippen molar-refractivity contribution in [1.82, 2.24) is 4.31 Å². The molecule has 8 nitrogen and oxygen atoms in total. The molecule has 0 amide bonds. The van der Waals surface area contributed by atoms with E-state index in [-0.39, 0.29) is 18.2 Å². The van der Waals surface area contributed by atoms with Gasteiger partial charge in [0.2, 0.25) is 10.0 Å². The second kappa shape index (κ2) is 7.10. The monoisotopic (exact) mass is 398 g/mol. The maximum atomic E-state index is 12.8. The highest BCUT2D eigenvalue weighted by molar-refractivity contribution is 7.89. The standard InChI is InChI=1S/C16H15ClN2O6S/c1-18(9-12-10-24-14-4-2-3-5-15(14)25-12)26(22,23)16-7-6-11(17)8-13(16)19(20)21/h2-8,12H,9-10H2,1H3. The lowest BCUT2D eigenvalue weighted by atomic mass is 10.2. The molecule has 0 radical (unpaired) electrons. The number of nitro groups is 1. The van der Waals surface area contributed by atoms with E-state index in [9.17, 15) is 18.5 Å². The van der Waals surface area contributed by atoms with Crippen molar-refractivity contribution in [1.29, 1.82) is 0 Å². The number of nitrogens with zero attached hydrogens (tertiary/aromatic N) is 2. The number of benzene rings is 2. The molecule has 2 aromatic carbocycles. The SMILES string of the molecule is CN(CC1COc2ccccc2O1)S(=O)(=O)c1ccc(Cl)cc1[N+](=O)[O-]. The smallest absolute Gasteiger partial charge is 0.290 e. The van der Waals surface area contributed by atoms with Crippen LogP contribution in [0.4, 0.5) is 5.69 Å². The highest BCUT2D eigenvalue weighted by Gasteiger charge is 2.32.